The van der Waals surface area contributed by atoms with E-state index >= 15 is 0 Å². The molecule has 0 spiro atoms. The number of nitrogens with two attached hydrogens (primary N) is 1. The van der Waals surface area contributed by atoms with E-state index in [0.29, 0.717) is 22.7 Å². The second-order valence-electron chi connectivity index (χ2n) is 4.97. The molecule has 4 nitrogen and oxygen atoms in total. The van der Waals surface area contributed by atoms with Crippen molar-refractivity contribution in [2.75, 3.05) is 12.3 Å². The smallest absolute Gasteiger partial charge is 0.241 e. The molecule has 0 aliphatic rings. The lowest BCUT2D eigenvalue weighted by atomic mass is 10.1. The van der Waals surface area contributed by atoms with Gasteiger partial charge in [-0.1, -0.05) is 19.8 Å². The summed E-state index contributed by atoms with van der Waals surface area (Å²) >= 11 is 0. The highest BCUT2D eigenvalue weighted by molar-refractivity contribution is 7.89. The number of hydrogen-bond acceptors (Lipinski definition) is 3. The van der Waals surface area contributed by atoms with Crippen LogP contribution in [0.2, 0.25) is 0 Å². The molecule has 0 atom stereocenters. The summed E-state index contributed by atoms with van der Waals surface area (Å²) in [5, 5.41) is 0. The molecular formula is C14H24N2O2S. The molecule has 0 aliphatic carbocycles. The van der Waals surface area contributed by atoms with Crippen LogP contribution in [0.3, 0.4) is 0 Å². The molecule has 19 heavy (non-hydrogen) atoms. The Balaban J connectivity index is 3.08. The second-order valence-corrected chi connectivity index (χ2v) is 6.67. The van der Waals surface area contributed by atoms with Crippen LogP contribution in [0.4, 0.5) is 5.69 Å². The van der Waals surface area contributed by atoms with Crippen molar-refractivity contribution < 1.29 is 8.42 Å². The number of rotatable bonds is 6. The van der Waals surface area contributed by atoms with Gasteiger partial charge in [-0.2, -0.15) is 0 Å². The number of sulfonamides is 1. The van der Waals surface area contributed by atoms with Crippen LogP contribution in [0.5, 0.6) is 0 Å². The normalized spacial score (nSPS) is 11.8. The Morgan fingerprint density at radius 1 is 1.16 bits per heavy atom. The summed E-state index contributed by atoms with van der Waals surface area (Å²) in [7, 11) is -3.48. The van der Waals surface area contributed by atoms with Crippen molar-refractivity contribution in [3.63, 3.8) is 0 Å². The Morgan fingerprint density at radius 3 is 2.37 bits per heavy atom. The molecule has 0 amide bonds. The van der Waals surface area contributed by atoms with Gasteiger partial charge >= 0.3 is 0 Å². The summed E-state index contributed by atoms with van der Waals surface area (Å²) in [6.45, 7) is 8.01. The van der Waals surface area contributed by atoms with E-state index < -0.39 is 10.0 Å². The number of unbranched alkanes of at least 4 members (excludes halogenated alkanes) is 2. The highest BCUT2D eigenvalue weighted by atomic mass is 32.2. The van der Waals surface area contributed by atoms with E-state index in [2.05, 4.69) is 11.6 Å². The van der Waals surface area contributed by atoms with Gasteiger partial charge in [0.05, 0.1) is 4.90 Å². The van der Waals surface area contributed by atoms with Gasteiger partial charge in [0.15, 0.2) is 0 Å². The van der Waals surface area contributed by atoms with Crippen molar-refractivity contribution in [2.45, 2.75) is 51.9 Å². The van der Waals surface area contributed by atoms with Crippen LogP contribution < -0.4 is 10.5 Å². The van der Waals surface area contributed by atoms with Crippen molar-refractivity contribution in [3.8, 4) is 0 Å². The minimum atomic E-state index is -3.48. The first-order chi connectivity index (χ1) is 8.81. The van der Waals surface area contributed by atoms with Crippen LogP contribution in [0.25, 0.3) is 0 Å². The van der Waals surface area contributed by atoms with Crippen LogP contribution in [0.15, 0.2) is 11.0 Å². The number of aryl methyl sites for hydroxylation is 1. The SMILES string of the molecule is CCCCCNS(=O)(=O)c1c(C)c(C)cc(N)c1C. The van der Waals surface area contributed by atoms with Gasteiger partial charge in [-0.05, 0) is 49.9 Å². The molecule has 0 fully saturated rings. The minimum absolute atomic E-state index is 0.335. The van der Waals surface area contributed by atoms with Crippen LogP contribution in [-0.2, 0) is 10.0 Å². The maximum atomic E-state index is 12.4. The summed E-state index contributed by atoms with van der Waals surface area (Å²) in [6.07, 6.45) is 2.95. The average molecular weight is 284 g/mol. The quantitative estimate of drug-likeness (QED) is 0.623. The topological polar surface area (TPSA) is 72.2 Å². The third-order valence-electron chi connectivity index (χ3n) is 3.42. The Bertz CT molecular complexity index is 525. The number of nitrogens with one attached hydrogen (secondary N) is 1. The van der Waals surface area contributed by atoms with Gasteiger partial charge < -0.3 is 5.73 Å². The van der Waals surface area contributed by atoms with Crippen LogP contribution in [0, 0.1) is 20.8 Å². The lowest BCUT2D eigenvalue weighted by Crippen LogP contribution is -2.26. The molecule has 1 aromatic rings. The number of benzene rings is 1. The van der Waals surface area contributed by atoms with Crippen molar-refractivity contribution in [1.82, 2.24) is 4.72 Å². The lowest BCUT2D eigenvalue weighted by Gasteiger charge is -2.15. The predicted molar refractivity (Wildman–Crippen MR) is 79.8 cm³/mol. The van der Waals surface area contributed by atoms with Crippen LogP contribution >= 0.6 is 0 Å². The molecule has 0 unspecified atom stereocenters. The summed E-state index contributed by atoms with van der Waals surface area (Å²) in [5.41, 5.74) is 8.70. The van der Waals surface area contributed by atoms with Gasteiger partial charge in [0.2, 0.25) is 10.0 Å². The van der Waals surface area contributed by atoms with E-state index in [9.17, 15) is 8.42 Å². The van der Waals surface area contributed by atoms with E-state index in [-0.39, 0.29) is 0 Å². The lowest BCUT2D eigenvalue weighted by molar-refractivity contribution is 0.574. The predicted octanol–water partition coefficient (Wildman–Crippen LogP) is 2.66. The zero-order chi connectivity index (χ0) is 14.6. The van der Waals surface area contributed by atoms with E-state index in [4.69, 9.17) is 5.73 Å². The average Bonchev–Trinajstić information content (AvgIpc) is 2.32. The Labute approximate surface area is 116 Å². The molecule has 0 aliphatic heterocycles. The summed E-state index contributed by atoms with van der Waals surface area (Å²) in [5.74, 6) is 0. The summed E-state index contributed by atoms with van der Waals surface area (Å²) in [6, 6.07) is 1.82. The summed E-state index contributed by atoms with van der Waals surface area (Å²) in [4.78, 5) is 0.335. The molecular weight excluding hydrogens is 260 g/mol. The largest absolute Gasteiger partial charge is 0.398 e. The Hall–Kier alpha value is -1.07. The maximum absolute atomic E-state index is 12.4. The van der Waals surface area contributed by atoms with E-state index in [0.717, 1.165) is 30.4 Å². The fourth-order valence-electron chi connectivity index (χ4n) is 2.10. The van der Waals surface area contributed by atoms with E-state index in [1.54, 1.807) is 6.92 Å². The molecule has 0 saturated heterocycles. The molecule has 0 aromatic heterocycles. The zero-order valence-corrected chi connectivity index (χ0v) is 13.0. The highest BCUT2D eigenvalue weighted by Gasteiger charge is 2.21. The van der Waals surface area contributed by atoms with Gasteiger partial charge in [0.25, 0.3) is 0 Å². The Morgan fingerprint density at radius 2 is 1.79 bits per heavy atom. The van der Waals surface area contributed by atoms with Gasteiger partial charge in [-0.3, -0.25) is 0 Å². The molecule has 0 saturated carbocycles. The second kappa shape index (κ2) is 6.39. The van der Waals surface area contributed by atoms with E-state index in [1.165, 1.54) is 0 Å². The fraction of sp³-hybridized carbons (Fsp3) is 0.571. The van der Waals surface area contributed by atoms with Crippen LogP contribution in [-0.4, -0.2) is 15.0 Å². The fourth-order valence-corrected chi connectivity index (χ4v) is 3.74. The monoisotopic (exact) mass is 284 g/mol. The van der Waals surface area contributed by atoms with Gasteiger partial charge in [0.1, 0.15) is 0 Å². The Kier molecular flexibility index (Phi) is 5.38. The van der Waals surface area contributed by atoms with Crippen molar-refractivity contribution in [2.24, 2.45) is 0 Å². The number of hydrogen-bond donors (Lipinski definition) is 2. The van der Waals surface area contributed by atoms with E-state index in [1.807, 2.05) is 19.9 Å². The van der Waals surface area contributed by atoms with Gasteiger partial charge in [-0.25, -0.2) is 13.1 Å². The molecule has 0 radical (unpaired) electrons. The molecule has 5 heteroatoms. The first kappa shape index (κ1) is 16.0. The van der Waals surface area contributed by atoms with Crippen molar-refractivity contribution in [1.29, 1.82) is 0 Å². The number of nitrogen functional groups attached to an aromatic ring is 1. The number of anilines is 1. The van der Waals surface area contributed by atoms with Gasteiger partial charge in [0, 0.05) is 12.2 Å². The third-order valence-corrected chi connectivity index (χ3v) is 5.15. The molecule has 3 N–H and O–H groups in total. The minimum Gasteiger partial charge on any atom is -0.398 e. The summed E-state index contributed by atoms with van der Waals surface area (Å²) < 4.78 is 27.4. The third kappa shape index (κ3) is 3.70. The highest BCUT2D eigenvalue weighted by Crippen LogP contribution is 2.27. The molecule has 0 bridgehead atoms. The standard InChI is InChI=1S/C14H24N2O2S/c1-5-6-7-8-16-19(17,18)14-11(3)10(2)9-13(15)12(14)4/h9,16H,5-8,15H2,1-4H3. The molecule has 1 aromatic carbocycles. The zero-order valence-electron chi connectivity index (χ0n) is 12.2. The molecule has 0 heterocycles. The molecule has 1 rings (SSSR count). The van der Waals surface area contributed by atoms with Crippen molar-refractivity contribution in [3.05, 3.63) is 22.8 Å². The van der Waals surface area contributed by atoms with Crippen molar-refractivity contribution >= 4 is 15.7 Å². The maximum Gasteiger partial charge on any atom is 0.241 e. The first-order valence-electron chi connectivity index (χ1n) is 6.67. The van der Waals surface area contributed by atoms with Crippen LogP contribution in [0.1, 0.15) is 42.9 Å². The molecule has 108 valence electrons. The van der Waals surface area contributed by atoms with Gasteiger partial charge in [-0.15, -0.1) is 0 Å². The first-order valence-corrected chi connectivity index (χ1v) is 8.15.